The van der Waals surface area contributed by atoms with Crippen molar-refractivity contribution in [2.45, 2.75) is 38.5 Å². The molecule has 6 heteroatoms. The smallest absolute Gasteiger partial charge is 0.223 e. The van der Waals surface area contributed by atoms with Crippen molar-refractivity contribution >= 4 is 22.4 Å². The summed E-state index contributed by atoms with van der Waals surface area (Å²) in [4.78, 5) is 26.0. The van der Waals surface area contributed by atoms with Gasteiger partial charge in [-0.3, -0.25) is 4.79 Å². The van der Waals surface area contributed by atoms with E-state index < -0.39 is 0 Å². The van der Waals surface area contributed by atoms with Crippen LogP contribution in [0.15, 0.2) is 6.20 Å². The first kappa shape index (κ1) is 12.0. The van der Waals surface area contributed by atoms with Gasteiger partial charge in [0.1, 0.15) is 5.82 Å². The zero-order chi connectivity index (χ0) is 13.7. The highest BCUT2D eigenvalue weighted by atomic mass is 32.1. The van der Waals surface area contributed by atoms with E-state index in [1.807, 2.05) is 6.20 Å². The summed E-state index contributed by atoms with van der Waals surface area (Å²) in [7, 11) is 0. The van der Waals surface area contributed by atoms with E-state index in [0.29, 0.717) is 11.0 Å². The van der Waals surface area contributed by atoms with Crippen LogP contribution in [0, 0.1) is 0 Å². The Kier molecular flexibility index (Phi) is 2.60. The molecule has 0 spiro atoms. The average molecular weight is 286 g/mol. The van der Waals surface area contributed by atoms with Crippen molar-refractivity contribution in [3.63, 3.8) is 0 Å². The SMILES string of the molecule is CC(=O)Nc1nc2c(s1)-c1nc(C3CC3)ncc1CC2. The van der Waals surface area contributed by atoms with Crippen molar-refractivity contribution in [1.29, 1.82) is 0 Å². The van der Waals surface area contributed by atoms with Gasteiger partial charge in [0.2, 0.25) is 5.91 Å². The lowest BCUT2D eigenvalue weighted by atomic mass is 9.99. The number of hydrogen-bond acceptors (Lipinski definition) is 5. The predicted molar refractivity (Wildman–Crippen MR) is 76.8 cm³/mol. The van der Waals surface area contributed by atoms with Crippen LogP contribution in [0.1, 0.15) is 42.8 Å². The number of nitrogens with one attached hydrogen (secondary N) is 1. The van der Waals surface area contributed by atoms with E-state index in [4.69, 9.17) is 4.98 Å². The maximum absolute atomic E-state index is 11.2. The fourth-order valence-electron chi connectivity index (χ4n) is 2.50. The predicted octanol–water partition coefficient (Wildman–Crippen LogP) is 2.53. The molecule has 2 aromatic rings. The maximum Gasteiger partial charge on any atom is 0.223 e. The van der Waals surface area contributed by atoms with E-state index in [9.17, 15) is 4.79 Å². The highest BCUT2D eigenvalue weighted by molar-refractivity contribution is 7.19. The van der Waals surface area contributed by atoms with Crippen molar-refractivity contribution in [3.8, 4) is 10.6 Å². The van der Waals surface area contributed by atoms with Gasteiger partial charge in [-0.2, -0.15) is 0 Å². The van der Waals surface area contributed by atoms with E-state index in [2.05, 4.69) is 15.3 Å². The number of nitrogens with zero attached hydrogens (tertiary/aromatic N) is 3. The average Bonchev–Trinajstić information content (AvgIpc) is 3.18. The molecule has 0 aromatic carbocycles. The molecule has 1 fully saturated rings. The summed E-state index contributed by atoms with van der Waals surface area (Å²) in [5, 5.41) is 3.44. The quantitative estimate of drug-likeness (QED) is 0.921. The van der Waals surface area contributed by atoms with E-state index >= 15 is 0 Å². The van der Waals surface area contributed by atoms with Gasteiger partial charge in [0.05, 0.1) is 16.3 Å². The van der Waals surface area contributed by atoms with Gasteiger partial charge in [-0.1, -0.05) is 11.3 Å². The summed E-state index contributed by atoms with van der Waals surface area (Å²) in [6.45, 7) is 1.50. The normalized spacial score (nSPS) is 16.4. The molecule has 0 aliphatic heterocycles. The van der Waals surface area contributed by atoms with E-state index in [1.165, 1.54) is 36.7 Å². The molecule has 0 atom stereocenters. The molecule has 4 rings (SSSR count). The first-order valence-electron chi connectivity index (χ1n) is 6.84. The van der Waals surface area contributed by atoms with Gasteiger partial charge < -0.3 is 5.32 Å². The Balaban J connectivity index is 1.78. The van der Waals surface area contributed by atoms with Crippen LogP contribution >= 0.6 is 11.3 Å². The first-order valence-corrected chi connectivity index (χ1v) is 7.66. The van der Waals surface area contributed by atoms with Crippen molar-refractivity contribution in [1.82, 2.24) is 15.0 Å². The lowest BCUT2D eigenvalue weighted by molar-refractivity contribution is -0.114. The second-order valence-electron chi connectivity index (χ2n) is 5.35. The third-order valence-electron chi connectivity index (χ3n) is 3.65. The minimum atomic E-state index is -0.0855. The highest BCUT2D eigenvalue weighted by Crippen LogP contribution is 2.42. The molecule has 1 amide bonds. The molecule has 20 heavy (non-hydrogen) atoms. The molecule has 1 N–H and O–H groups in total. The van der Waals surface area contributed by atoms with Crippen LogP contribution in [0.5, 0.6) is 0 Å². The van der Waals surface area contributed by atoms with E-state index in [1.54, 1.807) is 0 Å². The lowest BCUT2D eigenvalue weighted by Crippen LogP contribution is -2.08. The summed E-state index contributed by atoms with van der Waals surface area (Å²) in [6, 6.07) is 0. The van der Waals surface area contributed by atoms with Crippen molar-refractivity contribution in [3.05, 3.63) is 23.3 Å². The minimum absolute atomic E-state index is 0.0855. The Morgan fingerprint density at radius 3 is 2.95 bits per heavy atom. The number of fused-ring (bicyclic) bond motifs is 3. The summed E-state index contributed by atoms with van der Waals surface area (Å²) in [5.74, 6) is 1.43. The van der Waals surface area contributed by atoms with Crippen LogP contribution in [0.3, 0.4) is 0 Å². The number of anilines is 1. The molecule has 5 nitrogen and oxygen atoms in total. The number of thiazole rings is 1. The molecule has 0 bridgehead atoms. The maximum atomic E-state index is 11.2. The zero-order valence-electron chi connectivity index (χ0n) is 11.1. The van der Waals surface area contributed by atoms with Crippen molar-refractivity contribution in [2.24, 2.45) is 0 Å². The van der Waals surface area contributed by atoms with Gasteiger partial charge in [0, 0.05) is 19.0 Å². The number of hydrogen-bond donors (Lipinski definition) is 1. The number of carbonyl (C=O) groups is 1. The Morgan fingerprint density at radius 2 is 2.20 bits per heavy atom. The molecule has 2 aliphatic carbocycles. The Labute approximate surface area is 120 Å². The third-order valence-corrected chi connectivity index (χ3v) is 4.67. The number of aromatic nitrogens is 3. The summed E-state index contributed by atoms with van der Waals surface area (Å²) in [6.07, 6.45) is 6.19. The lowest BCUT2D eigenvalue weighted by Gasteiger charge is -2.14. The summed E-state index contributed by atoms with van der Waals surface area (Å²) < 4.78 is 0. The molecule has 1 saturated carbocycles. The molecule has 2 aromatic heterocycles. The van der Waals surface area contributed by atoms with Gasteiger partial charge >= 0.3 is 0 Å². The molecule has 2 aliphatic rings. The van der Waals surface area contributed by atoms with Gasteiger partial charge in [0.25, 0.3) is 0 Å². The Morgan fingerprint density at radius 1 is 1.35 bits per heavy atom. The van der Waals surface area contributed by atoms with Crippen LogP contribution in [0.4, 0.5) is 5.13 Å². The molecule has 0 saturated heterocycles. The first-order chi connectivity index (χ1) is 9.70. The van der Waals surface area contributed by atoms with E-state index in [0.717, 1.165) is 34.9 Å². The summed E-state index contributed by atoms with van der Waals surface area (Å²) in [5.41, 5.74) is 3.27. The van der Waals surface area contributed by atoms with Crippen LogP contribution < -0.4 is 5.32 Å². The van der Waals surface area contributed by atoms with Gasteiger partial charge in [-0.05, 0) is 31.2 Å². The molecule has 102 valence electrons. The number of aryl methyl sites for hydroxylation is 2. The fraction of sp³-hybridized carbons (Fsp3) is 0.429. The van der Waals surface area contributed by atoms with Crippen LogP contribution in [0.25, 0.3) is 10.6 Å². The highest BCUT2D eigenvalue weighted by Gasteiger charge is 2.29. The van der Waals surface area contributed by atoms with E-state index in [-0.39, 0.29) is 5.91 Å². The van der Waals surface area contributed by atoms with Crippen molar-refractivity contribution < 1.29 is 4.79 Å². The third kappa shape index (κ3) is 2.00. The van der Waals surface area contributed by atoms with Gasteiger partial charge in [-0.15, -0.1) is 0 Å². The second kappa shape index (κ2) is 4.34. The fourth-order valence-corrected chi connectivity index (χ4v) is 3.58. The van der Waals surface area contributed by atoms with Crippen LogP contribution in [-0.4, -0.2) is 20.9 Å². The summed E-state index contributed by atoms with van der Waals surface area (Å²) >= 11 is 1.51. The Bertz CT molecular complexity index is 705. The van der Waals surface area contributed by atoms with Gasteiger partial charge in [0.15, 0.2) is 5.13 Å². The number of rotatable bonds is 2. The second-order valence-corrected chi connectivity index (χ2v) is 6.35. The largest absolute Gasteiger partial charge is 0.302 e. The molecule has 0 unspecified atom stereocenters. The topological polar surface area (TPSA) is 67.8 Å². The molecule has 2 heterocycles. The number of carbonyl (C=O) groups excluding carboxylic acids is 1. The molecular weight excluding hydrogens is 272 g/mol. The zero-order valence-corrected chi connectivity index (χ0v) is 12.0. The molecular formula is C14H14N4OS. The molecule has 0 radical (unpaired) electrons. The minimum Gasteiger partial charge on any atom is -0.302 e. The standard InChI is InChI=1S/C14H14N4OS/c1-7(19)16-14-17-10-5-4-9-6-15-13(8-2-3-8)18-11(9)12(10)20-14/h6,8H,2-5H2,1H3,(H,16,17,19). The Hall–Kier alpha value is -1.82. The van der Waals surface area contributed by atoms with Crippen LogP contribution in [-0.2, 0) is 17.6 Å². The van der Waals surface area contributed by atoms with Crippen molar-refractivity contribution in [2.75, 3.05) is 5.32 Å². The monoisotopic (exact) mass is 286 g/mol. The number of amides is 1. The van der Waals surface area contributed by atoms with Crippen LogP contribution in [0.2, 0.25) is 0 Å². The van der Waals surface area contributed by atoms with Gasteiger partial charge in [-0.25, -0.2) is 15.0 Å².